The maximum Gasteiger partial charge on any atom is 0.348 e. The Morgan fingerprint density at radius 3 is 2.93 bits per heavy atom. The number of nitriles is 1. The van der Waals surface area contributed by atoms with Gasteiger partial charge in [0.05, 0.1) is 6.61 Å². The van der Waals surface area contributed by atoms with Gasteiger partial charge in [-0.2, -0.15) is 5.26 Å². The molecule has 0 fully saturated rings. The monoisotopic (exact) mass is 204 g/mol. The molecule has 15 heavy (non-hydrogen) atoms. The van der Waals surface area contributed by atoms with E-state index >= 15 is 0 Å². The van der Waals surface area contributed by atoms with Gasteiger partial charge in [-0.1, -0.05) is 0 Å². The molecule has 1 aromatic rings. The third-order valence-electron chi connectivity index (χ3n) is 1.89. The van der Waals surface area contributed by atoms with E-state index in [1.807, 2.05) is 36.0 Å². The molecule has 0 saturated heterocycles. The van der Waals surface area contributed by atoms with Gasteiger partial charge < -0.3 is 9.30 Å². The first-order chi connectivity index (χ1) is 7.19. The standard InChI is InChI=1S/C11H12N2O2/c1-3-15-11(14)9(8-12)7-10-5-4-6-13(10)2/h4-7H,3H2,1-2H3/b9-7-. The van der Waals surface area contributed by atoms with Crippen LogP contribution in [0.3, 0.4) is 0 Å². The quantitative estimate of drug-likeness (QED) is 0.426. The van der Waals surface area contributed by atoms with Crippen LogP contribution in [0.25, 0.3) is 6.08 Å². The highest BCUT2D eigenvalue weighted by Crippen LogP contribution is 2.07. The van der Waals surface area contributed by atoms with Crippen molar-refractivity contribution in [1.82, 2.24) is 4.57 Å². The largest absolute Gasteiger partial charge is 0.462 e. The molecular weight excluding hydrogens is 192 g/mol. The van der Waals surface area contributed by atoms with Crippen molar-refractivity contribution in [1.29, 1.82) is 5.26 Å². The number of aromatic nitrogens is 1. The lowest BCUT2D eigenvalue weighted by Crippen LogP contribution is -2.06. The Labute approximate surface area is 88.4 Å². The molecule has 4 nitrogen and oxygen atoms in total. The van der Waals surface area contributed by atoms with Gasteiger partial charge in [0.1, 0.15) is 11.6 Å². The van der Waals surface area contributed by atoms with Gasteiger partial charge in [0.15, 0.2) is 0 Å². The number of carbonyl (C=O) groups is 1. The van der Waals surface area contributed by atoms with Gasteiger partial charge in [-0.15, -0.1) is 0 Å². The molecule has 0 amide bonds. The molecule has 0 bridgehead atoms. The number of ether oxygens (including phenoxy) is 1. The van der Waals surface area contributed by atoms with Crippen LogP contribution in [0, 0.1) is 11.3 Å². The molecule has 0 saturated carbocycles. The molecule has 0 unspecified atom stereocenters. The summed E-state index contributed by atoms with van der Waals surface area (Å²) in [7, 11) is 1.84. The van der Waals surface area contributed by atoms with E-state index in [-0.39, 0.29) is 12.2 Å². The van der Waals surface area contributed by atoms with Gasteiger partial charge in [0.25, 0.3) is 0 Å². The highest BCUT2D eigenvalue weighted by Gasteiger charge is 2.09. The van der Waals surface area contributed by atoms with E-state index in [0.717, 1.165) is 5.69 Å². The predicted octanol–water partition coefficient (Wildman–Crippen LogP) is 1.50. The second kappa shape index (κ2) is 5.01. The van der Waals surface area contributed by atoms with E-state index in [0.29, 0.717) is 0 Å². The second-order valence-electron chi connectivity index (χ2n) is 2.93. The molecule has 0 aromatic carbocycles. The first kappa shape index (κ1) is 11.1. The molecule has 0 aliphatic rings. The van der Waals surface area contributed by atoms with Crippen LogP contribution in [0.1, 0.15) is 12.6 Å². The summed E-state index contributed by atoms with van der Waals surface area (Å²) in [5.41, 5.74) is 0.804. The summed E-state index contributed by atoms with van der Waals surface area (Å²) in [5.74, 6) is -0.582. The molecule has 0 radical (unpaired) electrons. The van der Waals surface area contributed by atoms with E-state index in [4.69, 9.17) is 10.00 Å². The van der Waals surface area contributed by atoms with Crippen LogP contribution in [-0.2, 0) is 16.6 Å². The third kappa shape index (κ3) is 2.71. The summed E-state index contributed by atoms with van der Waals surface area (Å²) in [4.78, 5) is 11.3. The maximum atomic E-state index is 11.3. The molecule has 0 aliphatic heterocycles. The van der Waals surface area contributed by atoms with E-state index in [9.17, 15) is 4.79 Å². The first-order valence-electron chi connectivity index (χ1n) is 4.59. The average Bonchev–Trinajstić information content (AvgIpc) is 2.61. The first-order valence-corrected chi connectivity index (χ1v) is 4.59. The van der Waals surface area contributed by atoms with Crippen molar-refractivity contribution < 1.29 is 9.53 Å². The summed E-state index contributed by atoms with van der Waals surface area (Å²) in [6.07, 6.45) is 3.35. The van der Waals surface area contributed by atoms with Crippen LogP contribution in [0.5, 0.6) is 0 Å². The fraction of sp³-hybridized carbons (Fsp3) is 0.273. The fourth-order valence-electron chi connectivity index (χ4n) is 1.12. The van der Waals surface area contributed by atoms with Gasteiger partial charge in [0.2, 0.25) is 0 Å². The molecule has 1 aromatic heterocycles. The number of aryl methyl sites for hydroxylation is 1. The van der Waals surface area contributed by atoms with Crippen molar-refractivity contribution in [3.8, 4) is 6.07 Å². The van der Waals surface area contributed by atoms with E-state index in [2.05, 4.69) is 0 Å². The molecule has 78 valence electrons. The summed E-state index contributed by atoms with van der Waals surface area (Å²) in [6, 6.07) is 5.48. The van der Waals surface area contributed by atoms with E-state index in [1.165, 1.54) is 6.08 Å². The van der Waals surface area contributed by atoms with Crippen LogP contribution in [0.2, 0.25) is 0 Å². The number of rotatable bonds is 3. The minimum atomic E-state index is -0.582. The Kier molecular flexibility index (Phi) is 3.69. The van der Waals surface area contributed by atoms with Gasteiger partial charge in [-0.25, -0.2) is 4.79 Å². The number of nitrogens with zero attached hydrogens (tertiary/aromatic N) is 2. The Bertz CT molecular complexity index is 424. The minimum Gasteiger partial charge on any atom is -0.462 e. The summed E-state index contributed by atoms with van der Waals surface area (Å²) in [5, 5.41) is 8.78. The number of esters is 1. The smallest absolute Gasteiger partial charge is 0.348 e. The summed E-state index contributed by atoms with van der Waals surface area (Å²) < 4.78 is 6.56. The highest BCUT2D eigenvalue weighted by molar-refractivity contribution is 5.97. The average molecular weight is 204 g/mol. The zero-order chi connectivity index (χ0) is 11.3. The van der Waals surface area contributed by atoms with Crippen LogP contribution in [-0.4, -0.2) is 17.1 Å². The van der Waals surface area contributed by atoms with Gasteiger partial charge in [-0.3, -0.25) is 0 Å². The zero-order valence-electron chi connectivity index (χ0n) is 8.73. The van der Waals surface area contributed by atoms with Crippen molar-refractivity contribution in [3.63, 3.8) is 0 Å². The lowest BCUT2D eigenvalue weighted by atomic mass is 10.2. The highest BCUT2D eigenvalue weighted by atomic mass is 16.5. The fourth-order valence-corrected chi connectivity index (χ4v) is 1.12. The second-order valence-corrected chi connectivity index (χ2v) is 2.93. The van der Waals surface area contributed by atoms with Crippen molar-refractivity contribution >= 4 is 12.0 Å². The van der Waals surface area contributed by atoms with Crippen molar-refractivity contribution in [3.05, 3.63) is 29.6 Å². The third-order valence-corrected chi connectivity index (χ3v) is 1.89. The molecule has 1 heterocycles. The van der Waals surface area contributed by atoms with Crippen molar-refractivity contribution in [2.24, 2.45) is 7.05 Å². The van der Waals surface area contributed by atoms with Gasteiger partial charge in [-0.05, 0) is 25.1 Å². The van der Waals surface area contributed by atoms with Crippen LogP contribution in [0.4, 0.5) is 0 Å². The van der Waals surface area contributed by atoms with E-state index < -0.39 is 5.97 Å². The SMILES string of the molecule is CCOC(=O)/C(C#N)=C\c1cccn1C. The van der Waals surface area contributed by atoms with Crippen molar-refractivity contribution in [2.45, 2.75) is 6.92 Å². The number of hydrogen-bond donors (Lipinski definition) is 0. The summed E-state index contributed by atoms with van der Waals surface area (Å²) in [6.45, 7) is 1.97. The topological polar surface area (TPSA) is 55.0 Å². The zero-order valence-corrected chi connectivity index (χ0v) is 8.73. The molecule has 1 rings (SSSR count). The lowest BCUT2D eigenvalue weighted by molar-refractivity contribution is -0.137. The Morgan fingerprint density at radius 1 is 1.73 bits per heavy atom. The van der Waals surface area contributed by atoms with E-state index in [1.54, 1.807) is 6.92 Å². The Morgan fingerprint density at radius 2 is 2.47 bits per heavy atom. The molecule has 4 heteroatoms. The van der Waals surface area contributed by atoms with Gasteiger partial charge >= 0.3 is 5.97 Å². The molecule has 0 N–H and O–H groups in total. The Hall–Kier alpha value is -2.02. The molecule has 0 atom stereocenters. The van der Waals surface area contributed by atoms with Gasteiger partial charge in [0, 0.05) is 18.9 Å². The minimum absolute atomic E-state index is 0.0126. The maximum absolute atomic E-state index is 11.3. The van der Waals surface area contributed by atoms with Crippen molar-refractivity contribution in [2.75, 3.05) is 6.61 Å². The normalized spacial score (nSPS) is 10.9. The van der Waals surface area contributed by atoms with Crippen LogP contribution in [0.15, 0.2) is 23.9 Å². The molecular formula is C11H12N2O2. The van der Waals surface area contributed by atoms with Crippen LogP contribution >= 0.6 is 0 Å². The summed E-state index contributed by atoms with van der Waals surface area (Å²) >= 11 is 0. The number of carbonyl (C=O) groups excluding carboxylic acids is 1. The lowest BCUT2D eigenvalue weighted by Gasteiger charge is -2.00. The molecule has 0 spiro atoms. The number of hydrogen-bond acceptors (Lipinski definition) is 3. The van der Waals surface area contributed by atoms with Crippen LogP contribution < -0.4 is 0 Å². The predicted molar refractivity (Wildman–Crippen MR) is 55.6 cm³/mol. The molecule has 0 aliphatic carbocycles. The Balaban J connectivity index is 2.94.